The fourth-order valence-electron chi connectivity index (χ4n) is 2.15. The van der Waals surface area contributed by atoms with Crippen LogP contribution in [0.1, 0.15) is 23.5 Å². The highest BCUT2D eigenvalue weighted by Gasteiger charge is 2.41. The molecule has 0 saturated heterocycles. The fraction of sp³-hybridized carbons (Fsp3) is 0.167. The lowest BCUT2D eigenvalue weighted by atomic mass is 9.99. The van der Waals surface area contributed by atoms with E-state index in [4.69, 9.17) is 11.6 Å². The average Bonchev–Trinajstić information content (AvgIpc) is 2.84. The second-order valence-electron chi connectivity index (χ2n) is 4.44. The highest BCUT2D eigenvalue weighted by atomic mass is 35.5. The summed E-state index contributed by atoms with van der Waals surface area (Å²) >= 11 is 5.80. The third-order valence-corrected chi connectivity index (χ3v) is 3.38. The molecule has 0 fully saturated rings. The Balaban J connectivity index is 1.93. The molecule has 3 rings (SSSR count). The van der Waals surface area contributed by atoms with Crippen LogP contribution in [0.3, 0.4) is 0 Å². The van der Waals surface area contributed by atoms with Gasteiger partial charge >= 0.3 is 11.7 Å². The summed E-state index contributed by atoms with van der Waals surface area (Å²) in [6, 6.07) is 5.10. The number of hydrogen-bond donors (Lipinski definition) is 1. The van der Waals surface area contributed by atoms with Crippen molar-refractivity contribution >= 4 is 17.3 Å². The molecule has 1 aromatic carbocycles. The molecule has 1 aliphatic carbocycles. The van der Waals surface area contributed by atoms with Gasteiger partial charge in [0.15, 0.2) is 0 Å². The SMILES string of the molecule is O=[N+]([O-])C1C=CC(Nc2ccc(Cl)cc2)c2c1no[n+]2[O-]. The number of halogens is 1. The van der Waals surface area contributed by atoms with Crippen LogP contribution in [0, 0.1) is 15.3 Å². The Labute approximate surface area is 123 Å². The molecule has 108 valence electrons. The average molecular weight is 309 g/mol. The molecule has 1 heterocycles. The number of nitrogens with one attached hydrogen (secondary N) is 1. The summed E-state index contributed by atoms with van der Waals surface area (Å²) in [5, 5.41) is 29.7. The number of rotatable bonds is 3. The predicted octanol–water partition coefficient (Wildman–Crippen LogP) is 2.00. The van der Waals surface area contributed by atoms with Crippen molar-refractivity contribution in [3.05, 3.63) is 68.1 Å². The molecular weight excluding hydrogens is 300 g/mol. The van der Waals surface area contributed by atoms with Gasteiger partial charge in [0.2, 0.25) is 5.69 Å². The van der Waals surface area contributed by atoms with Crippen molar-refractivity contribution in [1.82, 2.24) is 5.16 Å². The number of benzene rings is 1. The van der Waals surface area contributed by atoms with Gasteiger partial charge in [-0.05, 0) is 35.2 Å². The maximum Gasteiger partial charge on any atom is 0.302 e. The maximum atomic E-state index is 11.7. The molecule has 2 aromatic rings. The normalized spacial score (nSPS) is 20.0. The van der Waals surface area contributed by atoms with Gasteiger partial charge in [-0.1, -0.05) is 17.7 Å². The summed E-state index contributed by atoms with van der Waals surface area (Å²) in [6.07, 6.45) is 2.91. The van der Waals surface area contributed by atoms with Crippen molar-refractivity contribution < 1.29 is 14.5 Å². The van der Waals surface area contributed by atoms with Gasteiger partial charge in [0.1, 0.15) is 6.04 Å². The zero-order valence-electron chi connectivity index (χ0n) is 10.5. The topological polar surface area (TPSA) is 108 Å². The lowest BCUT2D eigenvalue weighted by molar-refractivity contribution is -0.808. The first-order valence-corrected chi connectivity index (χ1v) is 6.37. The number of anilines is 1. The third-order valence-electron chi connectivity index (χ3n) is 3.13. The highest BCUT2D eigenvalue weighted by molar-refractivity contribution is 6.30. The molecule has 0 bridgehead atoms. The summed E-state index contributed by atoms with van der Waals surface area (Å²) in [7, 11) is 0. The van der Waals surface area contributed by atoms with E-state index in [2.05, 4.69) is 15.1 Å². The van der Waals surface area contributed by atoms with Crippen molar-refractivity contribution in [3.63, 3.8) is 0 Å². The molecule has 1 aromatic heterocycles. The van der Waals surface area contributed by atoms with Gasteiger partial charge < -0.3 is 10.5 Å². The van der Waals surface area contributed by atoms with Gasteiger partial charge in [-0.15, -0.1) is 0 Å². The number of aromatic nitrogens is 2. The van der Waals surface area contributed by atoms with Crippen LogP contribution in [0.25, 0.3) is 0 Å². The van der Waals surface area contributed by atoms with Crippen molar-refractivity contribution in [2.45, 2.75) is 12.1 Å². The van der Waals surface area contributed by atoms with Crippen LogP contribution in [0.2, 0.25) is 5.02 Å². The van der Waals surface area contributed by atoms with E-state index in [1.165, 1.54) is 12.2 Å². The Bertz CT molecular complexity index is 713. The molecule has 2 unspecified atom stereocenters. The van der Waals surface area contributed by atoms with E-state index in [9.17, 15) is 15.3 Å². The molecule has 0 amide bonds. The largest absolute Gasteiger partial charge is 0.371 e. The standard InChI is InChI=1S/C12H9ClN4O4/c13-7-1-3-8(4-2-7)14-9-5-6-10(16(18)19)11-12(9)17(20)21-15-11/h1-6,9-10,14H. The second-order valence-corrected chi connectivity index (χ2v) is 4.88. The van der Waals surface area contributed by atoms with E-state index in [-0.39, 0.29) is 16.3 Å². The Morgan fingerprint density at radius 3 is 2.71 bits per heavy atom. The van der Waals surface area contributed by atoms with Crippen LogP contribution >= 0.6 is 11.6 Å². The zero-order chi connectivity index (χ0) is 15.0. The Morgan fingerprint density at radius 2 is 2.05 bits per heavy atom. The number of nitrogens with zero attached hydrogens (tertiary/aromatic N) is 3. The van der Waals surface area contributed by atoms with Crippen LogP contribution in [0.15, 0.2) is 41.0 Å². The van der Waals surface area contributed by atoms with Crippen LogP contribution in [-0.4, -0.2) is 10.1 Å². The summed E-state index contributed by atoms with van der Waals surface area (Å²) in [5.41, 5.74) is 0.791. The minimum Gasteiger partial charge on any atom is -0.371 e. The van der Waals surface area contributed by atoms with E-state index in [1.807, 2.05) is 0 Å². The monoisotopic (exact) mass is 308 g/mol. The first-order chi connectivity index (χ1) is 10.1. The highest BCUT2D eigenvalue weighted by Crippen LogP contribution is 2.31. The lowest BCUT2D eigenvalue weighted by Gasteiger charge is -2.17. The third kappa shape index (κ3) is 2.40. The quantitative estimate of drug-likeness (QED) is 0.402. The fourth-order valence-corrected chi connectivity index (χ4v) is 2.28. The summed E-state index contributed by atoms with van der Waals surface area (Å²) in [4.78, 5) is 10.6. The van der Waals surface area contributed by atoms with Crippen molar-refractivity contribution in [2.24, 2.45) is 0 Å². The molecule has 0 radical (unpaired) electrons. The zero-order valence-corrected chi connectivity index (χ0v) is 11.2. The van der Waals surface area contributed by atoms with Crippen molar-refractivity contribution in [1.29, 1.82) is 0 Å². The maximum absolute atomic E-state index is 11.7. The molecule has 9 heteroatoms. The number of fused-ring (bicyclic) bond motifs is 1. The molecule has 0 spiro atoms. The smallest absolute Gasteiger partial charge is 0.302 e. The van der Waals surface area contributed by atoms with Gasteiger partial charge in [0.05, 0.1) is 0 Å². The first kappa shape index (κ1) is 13.4. The van der Waals surface area contributed by atoms with Crippen LogP contribution in [-0.2, 0) is 0 Å². The molecule has 21 heavy (non-hydrogen) atoms. The number of nitro groups is 1. The minimum absolute atomic E-state index is 0.00367. The number of hydrogen-bond acceptors (Lipinski definition) is 6. The van der Waals surface area contributed by atoms with E-state index in [1.54, 1.807) is 24.3 Å². The Hall–Kier alpha value is -2.61. The molecular formula is C12H9ClN4O4. The summed E-state index contributed by atoms with van der Waals surface area (Å²) < 4.78 is 4.49. The van der Waals surface area contributed by atoms with Crippen LogP contribution < -0.4 is 10.2 Å². The first-order valence-electron chi connectivity index (χ1n) is 5.99. The Kier molecular flexibility index (Phi) is 3.22. The molecule has 2 atom stereocenters. The molecule has 8 nitrogen and oxygen atoms in total. The van der Waals surface area contributed by atoms with Gasteiger partial charge in [0.25, 0.3) is 0 Å². The van der Waals surface area contributed by atoms with E-state index < -0.39 is 17.0 Å². The molecule has 0 aliphatic heterocycles. The van der Waals surface area contributed by atoms with Gasteiger partial charge in [-0.25, -0.2) is 0 Å². The van der Waals surface area contributed by atoms with E-state index in [0.29, 0.717) is 10.7 Å². The van der Waals surface area contributed by atoms with Gasteiger partial charge in [-0.3, -0.25) is 14.7 Å². The predicted molar refractivity (Wildman–Crippen MR) is 72.2 cm³/mol. The Morgan fingerprint density at radius 1 is 1.33 bits per heavy atom. The summed E-state index contributed by atoms with van der Waals surface area (Å²) in [5.74, 6) is 0. The van der Waals surface area contributed by atoms with Gasteiger partial charge in [-0.2, -0.15) is 0 Å². The van der Waals surface area contributed by atoms with Crippen LogP contribution in [0.5, 0.6) is 0 Å². The minimum atomic E-state index is -1.18. The van der Waals surface area contributed by atoms with Crippen molar-refractivity contribution in [3.8, 4) is 0 Å². The van der Waals surface area contributed by atoms with Gasteiger partial charge in [0, 0.05) is 20.8 Å². The van der Waals surface area contributed by atoms with E-state index >= 15 is 0 Å². The van der Waals surface area contributed by atoms with E-state index in [0.717, 1.165) is 0 Å². The summed E-state index contributed by atoms with van der Waals surface area (Å²) in [6.45, 7) is 0. The molecule has 0 saturated carbocycles. The molecule has 1 aliphatic rings. The van der Waals surface area contributed by atoms with Crippen LogP contribution in [0.4, 0.5) is 5.69 Å². The molecule has 1 N–H and O–H groups in total. The lowest BCUT2D eigenvalue weighted by Crippen LogP contribution is -2.34. The second kappa shape index (κ2) is 5.06. The van der Waals surface area contributed by atoms with Crippen molar-refractivity contribution in [2.75, 3.05) is 5.32 Å².